The van der Waals surface area contributed by atoms with Gasteiger partial charge in [0.25, 0.3) is 17.6 Å². The molecule has 0 saturated carbocycles. The van der Waals surface area contributed by atoms with Gasteiger partial charge in [0.1, 0.15) is 11.9 Å². The number of ketones is 1. The molecule has 2 N–H and O–H groups in total. The SMILES string of the molecule is O=C(N[C@@H](CO)c1nc(-c2ccc3c(c2)CC=C3C(=O)C(F)(F)F)no1)c1ccc(F)cc1. The fourth-order valence-electron chi connectivity index (χ4n) is 3.38. The first-order valence-corrected chi connectivity index (χ1v) is 9.63. The largest absolute Gasteiger partial charge is 0.454 e. The smallest absolute Gasteiger partial charge is 0.394 e. The van der Waals surface area contributed by atoms with Crippen LogP contribution in [0.3, 0.4) is 0 Å². The molecule has 0 spiro atoms. The molecule has 2 aromatic carbocycles. The zero-order chi connectivity index (χ0) is 23.8. The van der Waals surface area contributed by atoms with Crippen LogP contribution in [0.2, 0.25) is 0 Å². The van der Waals surface area contributed by atoms with E-state index in [2.05, 4.69) is 15.5 Å². The summed E-state index contributed by atoms with van der Waals surface area (Å²) in [5, 5.41) is 15.9. The van der Waals surface area contributed by atoms with Gasteiger partial charge in [-0.1, -0.05) is 23.4 Å². The molecule has 0 radical (unpaired) electrons. The van der Waals surface area contributed by atoms with E-state index >= 15 is 0 Å². The molecule has 33 heavy (non-hydrogen) atoms. The van der Waals surface area contributed by atoms with Gasteiger partial charge in [0, 0.05) is 16.7 Å². The van der Waals surface area contributed by atoms with E-state index < -0.39 is 41.9 Å². The van der Waals surface area contributed by atoms with E-state index in [1.165, 1.54) is 30.3 Å². The Hall–Kier alpha value is -3.86. The van der Waals surface area contributed by atoms with Crippen molar-refractivity contribution in [3.05, 3.63) is 76.9 Å². The van der Waals surface area contributed by atoms with Crippen molar-refractivity contribution in [2.45, 2.75) is 18.6 Å². The number of alkyl halides is 3. The molecule has 1 atom stereocenters. The number of nitrogens with one attached hydrogen (secondary N) is 1. The Morgan fingerprint density at radius 3 is 2.55 bits per heavy atom. The Morgan fingerprint density at radius 1 is 1.15 bits per heavy atom. The molecule has 3 aromatic rings. The average molecular weight is 461 g/mol. The summed E-state index contributed by atoms with van der Waals surface area (Å²) < 4.78 is 56.5. The van der Waals surface area contributed by atoms with Crippen molar-refractivity contribution in [3.63, 3.8) is 0 Å². The number of benzene rings is 2. The highest BCUT2D eigenvalue weighted by molar-refractivity contribution is 6.24. The summed E-state index contributed by atoms with van der Waals surface area (Å²) >= 11 is 0. The van der Waals surface area contributed by atoms with E-state index in [-0.39, 0.29) is 29.3 Å². The number of carbonyl (C=O) groups excluding carboxylic acids is 2. The van der Waals surface area contributed by atoms with Crippen LogP contribution in [0.25, 0.3) is 17.0 Å². The van der Waals surface area contributed by atoms with Gasteiger partial charge in [0.05, 0.1) is 6.61 Å². The van der Waals surface area contributed by atoms with E-state index in [0.717, 1.165) is 12.1 Å². The lowest BCUT2D eigenvalue weighted by Crippen LogP contribution is -2.31. The van der Waals surface area contributed by atoms with Gasteiger partial charge in [-0.05, 0) is 47.9 Å². The van der Waals surface area contributed by atoms with E-state index in [9.17, 15) is 32.3 Å². The molecular weight excluding hydrogens is 446 g/mol. The molecule has 0 saturated heterocycles. The van der Waals surface area contributed by atoms with Crippen molar-refractivity contribution in [3.8, 4) is 11.4 Å². The van der Waals surface area contributed by atoms with E-state index in [1.54, 1.807) is 6.07 Å². The third kappa shape index (κ3) is 4.53. The van der Waals surface area contributed by atoms with Crippen LogP contribution in [0.4, 0.5) is 17.6 Å². The van der Waals surface area contributed by atoms with Crippen LogP contribution in [-0.4, -0.2) is 39.7 Å². The average Bonchev–Trinajstić information content (AvgIpc) is 3.43. The maximum atomic E-state index is 13.0. The summed E-state index contributed by atoms with van der Waals surface area (Å²) in [6, 6.07) is 8.10. The van der Waals surface area contributed by atoms with Gasteiger partial charge in [0.2, 0.25) is 5.82 Å². The quantitative estimate of drug-likeness (QED) is 0.545. The second-order valence-electron chi connectivity index (χ2n) is 7.19. The zero-order valence-corrected chi connectivity index (χ0v) is 16.7. The number of allylic oxidation sites excluding steroid dienone is 2. The molecule has 1 aliphatic rings. The predicted octanol–water partition coefficient (Wildman–Crippen LogP) is 3.41. The molecule has 170 valence electrons. The number of Topliss-reactive ketones (excluding diaryl/α,β-unsaturated/α-hetero) is 1. The number of hydrogen-bond donors (Lipinski definition) is 2. The fourth-order valence-corrected chi connectivity index (χ4v) is 3.38. The van der Waals surface area contributed by atoms with Crippen LogP contribution in [0.15, 0.2) is 53.1 Å². The summed E-state index contributed by atoms with van der Waals surface area (Å²) in [7, 11) is 0. The fraction of sp³-hybridized carbons (Fsp3) is 0.182. The number of aromatic nitrogens is 2. The summed E-state index contributed by atoms with van der Waals surface area (Å²) in [4.78, 5) is 28.1. The lowest BCUT2D eigenvalue weighted by atomic mass is 10.00. The minimum atomic E-state index is -4.97. The van der Waals surface area contributed by atoms with Crippen LogP contribution >= 0.6 is 0 Å². The number of carbonyl (C=O) groups is 2. The van der Waals surface area contributed by atoms with E-state index in [0.29, 0.717) is 11.1 Å². The second-order valence-corrected chi connectivity index (χ2v) is 7.19. The van der Waals surface area contributed by atoms with E-state index in [4.69, 9.17) is 4.52 Å². The third-order valence-corrected chi connectivity index (χ3v) is 5.02. The van der Waals surface area contributed by atoms with Gasteiger partial charge in [-0.2, -0.15) is 18.2 Å². The topological polar surface area (TPSA) is 105 Å². The van der Waals surface area contributed by atoms with Crippen LogP contribution in [-0.2, 0) is 11.2 Å². The van der Waals surface area contributed by atoms with Crippen LogP contribution in [0.1, 0.15) is 33.4 Å². The number of amides is 1. The van der Waals surface area contributed by atoms with Crippen molar-refractivity contribution in [1.82, 2.24) is 15.5 Å². The maximum Gasteiger partial charge on any atom is 0.454 e. The molecule has 1 aromatic heterocycles. The highest BCUT2D eigenvalue weighted by Gasteiger charge is 2.42. The lowest BCUT2D eigenvalue weighted by molar-refractivity contribution is -0.164. The molecule has 1 aliphatic carbocycles. The highest BCUT2D eigenvalue weighted by Crippen LogP contribution is 2.35. The molecule has 0 aliphatic heterocycles. The molecule has 0 bridgehead atoms. The van der Waals surface area contributed by atoms with Gasteiger partial charge in [0.15, 0.2) is 0 Å². The molecule has 11 heteroatoms. The Kier molecular flexibility index (Phi) is 5.81. The van der Waals surface area contributed by atoms with Crippen LogP contribution in [0, 0.1) is 5.82 Å². The molecular formula is C22H15F4N3O4. The molecule has 1 heterocycles. The summed E-state index contributed by atoms with van der Waals surface area (Å²) in [6.45, 7) is -0.564. The highest BCUT2D eigenvalue weighted by atomic mass is 19.4. The van der Waals surface area contributed by atoms with Gasteiger partial charge >= 0.3 is 6.18 Å². The number of rotatable bonds is 6. The Bertz CT molecular complexity index is 1250. The second kappa shape index (κ2) is 8.58. The monoisotopic (exact) mass is 461 g/mol. The number of aliphatic hydroxyl groups excluding tert-OH is 1. The van der Waals surface area contributed by atoms with Gasteiger partial charge in [-0.25, -0.2) is 4.39 Å². The number of nitrogens with zero attached hydrogens (tertiary/aromatic N) is 2. The summed E-state index contributed by atoms with van der Waals surface area (Å²) in [6.07, 6.45) is -3.61. The normalized spacial score (nSPS) is 13.9. The van der Waals surface area contributed by atoms with Gasteiger partial charge in [-0.3, -0.25) is 9.59 Å². The van der Waals surface area contributed by atoms with Crippen molar-refractivity contribution in [1.29, 1.82) is 0 Å². The summed E-state index contributed by atoms with van der Waals surface area (Å²) in [5.41, 5.74) is 0.852. The van der Waals surface area contributed by atoms with Crippen molar-refractivity contribution in [2.75, 3.05) is 6.61 Å². The van der Waals surface area contributed by atoms with Gasteiger partial charge in [-0.15, -0.1) is 0 Å². The first-order chi connectivity index (χ1) is 15.7. The number of hydrogen-bond acceptors (Lipinski definition) is 6. The Labute approximate surface area is 183 Å². The van der Waals surface area contributed by atoms with E-state index in [1.807, 2.05) is 0 Å². The third-order valence-electron chi connectivity index (χ3n) is 5.02. The molecule has 0 unspecified atom stereocenters. The molecule has 7 nitrogen and oxygen atoms in total. The minimum Gasteiger partial charge on any atom is -0.394 e. The van der Waals surface area contributed by atoms with Crippen LogP contribution < -0.4 is 5.32 Å². The van der Waals surface area contributed by atoms with Crippen molar-refractivity contribution < 1.29 is 36.8 Å². The lowest BCUT2D eigenvalue weighted by Gasteiger charge is -2.12. The molecule has 0 fully saturated rings. The number of fused-ring (bicyclic) bond motifs is 1. The first kappa shape index (κ1) is 22.3. The minimum absolute atomic E-state index is 0.0814. The first-order valence-electron chi connectivity index (χ1n) is 9.63. The summed E-state index contributed by atoms with van der Waals surface area (Å²) in [5.74, 6) is -3.03. The van der Waals surface area contributed by atoms with Crippen molar-refractivity contribution in [2.24, 2.45) is 0 Å². The standard InChI is InChI=1S/C22H15F4N3O4/c23-14-5-1-11(2-6-14)20(32)27-17(10-30)21-28-19(29-33-21)13-4-7-15-12(9-13)3-8-16(15)18(31)22(24,25)26/h1-2,4-9,17,30H,3,10H2,(H,27,32)/t17-/m0/s1. The van der Waals surface area contributed by atoms with Crippen LogP contribution in [0.5, 0.6) is 0 Å². The number of halogens is 4. The predicted molar refractivity (Wildman–Crippen MR) is 106 cm³/mol. The number of aliphatic hydroxyl groups is 1. The van der Waals surface area contributed by atoms with Gasteiger partial charge < -0.3 is 14.9 Å². The Morgan fingerprint density at radius 2 is 1.88 bits per heavy atom. The van der Waals surface area contributed by atoms with Crippen molar-refractivity contribution >= 4 is 17.3 Å². The molecule has 1 amide bonds. The maximum absolute atomic E-state index is 13.0. The zero-order valence-electron chi connectivity index (χ0n) is 16.7. The Balaban J connectivity index is 1.52. The molecule has 4 rings (SSSR count).